The highest BCUT2D eigenvalue weighted by Gasteiger charge is 2.18. The molecule has 0 bridgehead atoms. The number of hydrogen-bond acceptors (Lipinski definition) is 4. The van der Waals surface area contributed by atoms with Crippen LogP contribution in [-0.2, 0) is 21.7 Å². The van der Waals surface area contributed by atoms with Crippen LogP contribution in [0.25, 0.3) is 0 Å². The summed E-state index contributed by atoms with van der Waals surface area (Å²) in [6.45, 7) is 4.76. The molecule has 8 nitrogen and oxygen atoms in total. The number of nitrogens with zero attached hydrogens (tertiary/aromatic N) is 2. The summed E-state index contributed by atoms with van der Waals surface area (Å²) in [5.41, 5.74) is 0. The second kappa shape index (κ2) is 7.87. The predicted octanol–water partition coefficient (Wildman–Crippen LogP) is 0.226. The van der Waals surface area contributed by atoms with E-state index in [-0.39, 0.29) is 0 Å². The van der Waals surface area contributed by atoms with Gasteiger partial charge in [0.15, 0.2) is 6.04 Å². The molecule has 0 aliphatic rings. The molecule has 1 atom stereocenters. The highest BCUT2D eigenvalue weighted by Crippen LogP contribution is 2.02. The molecule has 0 radical (unpaired) electrons. The first-order valence-corrected chi connectivity index (χ1v) is 6.99. The summed E-state index contributed by atoms with van der Waals surface area (Å²) in [6, 6.07) is -0.488. The number of carbonyl (C=O) groups is 1. The summed E-state index contributed by atoms with van der Waals surface area (Å²) in [5.74, 6) is -0.803. The molecule has 1 aromatic rings. The summed E-state index contributed by atoms with van der Waals surface area (Å²) < 4.78 is 36.6. The zero-order valence-electron chi connectivity index (χ0n) is 10.8. The minimum absolute atomic E-state index is 0.488. The molecule has 1 unspecified atom stereocenters. The van der Waals surface area contributed by atoms with E-state index in [4.69, 9.17) is 22.6 Å². The number of carboxylic acid groups (broad SMARTS) is 1. The van der Waals surface area contributed by atoms with Crippen molar-refractivity contribution in [2.24, 2.45) is 0 Å². The molecular weight excluding hydrogens is 276 g/mol. The maximum Gasteiger partial charge on any atom is 0.349 e. The second-order valence-corrected chi connectivity index (χ2v) is 4.75. The Bertz CT molecular complexity index is 488. The van der Waals surface area contributed by atoms with Gasteiger partial charge in [0, 0.05) is 0 Å². The molecule has 0 amide bonds. The van der Waals surface area contributed by atoms with Crippen molar-refractivity contribution in [2.75, 3.05) is 0 Å². The second-order valence-electron chi connectivity index (χ2n) is 3.89. The molecule has 19 heavy (non-hydrogen) atoms. The van der Waals surface area contributed by atoms with Crippen LogP contribution in [0.4, 0.5) is 0 Å². The molecule has 0 spiro atoms. The highest BCUT2D eigenvalue weighted by atomic mass is 32.3. The Morgan fingerprint density at radius 1 is 1.53 bits per heavy atom. The molecule has 1 aromatic heterocycles. The Morgan fingerprint density at radius 2 is 2.05 bits per heavy atom. The molecule has 0 fully saturated rings. The number of hydrogen-bond donors (Lipinski definition) is 2. The lowest BCUT2D eigenvalue weighted by Crippen LogP contribution is -2.31. The van der Waals surface area contributed by atoms with E-state index in [0.29, 0.717) is 0 Å². The smallest absolute Gasteiger partial charge is 0.349 e. The fourth-order valence-electron chi connectivity index (χ4n) is 1.24. The van der Waals surface area contributed by atoms with Crippen molar-refractivity contribution in [3.63, 3.8) is 0 Å². The first-order chi connectivity index (χ1) is 8.65. The van der Waals surface area contributed by atoms with Crippen LogP contribution in [0.15, 0.2) is 18.7 Å². The van der Waals surface area contributed by atoms with Crippen molar-refractivity contribution in [1.82, 2.24) is 4.57 Å². The Labute approximate surface area is 111 Å². The van der Waals surface area contributed by atoms with Gasteiger partial charge in [0.2, 0.25) is 16.7 Å². The minimum atomic E-state index is -4.92. The highest BCUT2D eigenvalue weighted by molar-refractivity contribution is 7.79. The van der Waals surface area contributed by atoms with E-state index in [9.17, 15) is 4.79 Å². The number of carboxylic acids is 1. The van der Waals surface area contributed by atoms with Gasteiger partial charge in [0.1, 0.15) is 12.4 Å². The van der Waals surface area contributed by atoms with Crippen LogP contribution in [0.3, 0.4) is 0 Å². The van der Waals surface area contributed by atoms with Gasteiger partial charge in [0.05, 0.1) is 6.54 Å². The Morgan fingerprint density at radius 3 is 2.47 bits per heavy atom. The topological polar surface area (TPSA) is 124 Å². The fraction of sp³-hybridized carbons (Fsp3) is 0.600. The van der Waals surface area contributed by atoms with Gasteiger partial charge in [-0.05, 0) is 13.3 Å². The Balaban J connectivity index is 0.000000555. The maximum atomic E-state index is 10.7. The van der Waals surface area contributed by atoms with Gasteiger partial charge in [-0.3, -0.25) is 4.55 Å². The molecular formula is C10H18N2O6S. The molecule has 0 saturated heterocycles. The molecule has 0 aliphatic heterocycles. The lowest BCUT2D eigenvalue weighted by atomic mass is 10.3. The third kappa shape index (κ3) is 9.17. The Hall–Kier alpha value is -1.45. The SMILES string of the molecule is CCCC[n+]1ccn(C(C)C(=O)O)c1.O=S(=O)([O-])O. The summed E-state index contributed by atoms with van der Waals surface area (Å²) in [4.78, 5) is 10.7. The summed E-state index contributed by atoms with van der Waals surface area (Å²) in [5, 5.41) is 8.79. The van der Waals surface area contributed by atoms with Crippen molar-refractivity contribution in [2.45, 2.75) is 39.3 Å². The molecule has 0 aromatic carbocycles. The first kappa shape index (κ1) is 17.6. The maximum absolute atomic E-state index is 10.7. The lowest BCUT2D eigenvalue weighted by Gasteiger charge is -1.99. The number of imidazole rings is 1. The van der Waals surface area contributed by atoms with Crippen molar-refractivity contribution >= 4 is 16.4 Å². The van der Waals surface area contributed by atoms with E-state index in [0.717, 1.165) is 19.4 Å². The molecule has 1 rings (SSSR count). The van der Waals surface area contributed by atoms with Crippen molar-refractivity contribution in [1.29, 1.82) is 0 Å². The van der Waals surface area contributed by atoms with Gasteiger partial charge >= 0.3 is 5.97 Å². The van der Waals surface area contributed by atoms with E-state index < -0.39 is 22.4 Å². The van der Waals surface area contributed by atoms with Crippen LogP contribution in [0.1, 0.15) is 32.7 Å². The molecule has 0 aliphatic carbocycles. The fourth-order valence-corrected chi connectivity index (χ4v) is 1.24. The molecule has 1 heterocycles. The molecule has 9 heteroatoms. The van der Waals surface area contributed by atoms with Gasteiger partial charge in [-0.2, -0.15) is 0 Å². The van der Waals surface area contributed by atoms with Crippen LogP contribution in [0.5, 0.6) is 0 Å². The van der Waals surface area contributed by atoms with Crippen molar-refractivity contribution in [3.8, 4) is 0 Å². The normalized spacial score (nSPS) is 12.4. The first-order valence-electron chi connectivity index (χ1n) is 5.62. The van der Waals surface area contributed by atoms with Gasteiger partial charge in [0.25, 0.3) is 0 Å². The molecule has 2 N–H and O–H groups in total. The van der Waals surface area contributed by atoms with Gasteiger partial charge in [-0.1, -0.05) is 13.3 Å². The van der Waals surface area contributed by atoms with Gasteiger partial charge in [-0.25, -0.2) is 22.3 Å². The molecule has 110 valence electrons. The van der Waals surface area contributed by atoms with Crippen LogP contribution in [0.2, 0.25) is 0 Å². The van der Waals surface area contributed by atoms with Gasteiger partial charge < -0.3 is 9.66 Å². The number of rotatable bonds is 5. The summed E-state index contributed by atoms with van der Waals surface area (Å²) >= 11 is 0. The van der Waals surface area contributed by atoms with Crippen LogP contribution in [0, 0.1) is 0 Å². The average Bonchev–Trinajstić information content (AvgIpc) is 2.71. The van der Waals surface area contributed by atoms with E-state index in [1.54, 1.807) is 17.7 Å². The van der Waals surface area contributed by atoms with Crippen LogP contribution in [-0.4, -0.2) is 33.2 Å². The number of unbranched alkanes of at least 4 members (excludes halogenated alkanes) is 1. The van der Waals surface area contributed by atoms with Crippen molar-refractivity contribution < 1.29 is 32.0 Å². The number of aromatic nitrogens is 2. The summed E-state index contributed by atoms with van der Waals surface area (Å²) in [6.07, 6.45) is 7.82. The van der Waals surface area contributed by atoms with Crippen molar-refractivity contribution in [3.05, 3.63) is 18.7 Å². The van der Waals surface area contributed by atoms with E-state index >= 15 is 0 Å². The zero-order valence-corrected chi connectivity index (χ0v) is 11.6. The van der Waals surface area contributed by atoms with Crippen LogP contribution < -0.4 is 4.57 Å². The third-order valence-corrected chi connectivity index (χ3v) is 2.29. The minimum Gasteiger partial charge on any atom is -0.726 e. The number of aliphatic carboxylic acids is 1. The molecule has 0 saturated carbocycles. The quantitative estimate of drug-likeness (QED) is 0.455. The summed E-state index contributed by atoms with van der Waals surface area (Å²) in [7, 11) is -4.92. The Kier molecular flexibility index (Phi) is 7.27. The lowest BCUT2D eigenvalue weighted by molar-refractivity contribution is -0.696. The van der Waals surface area contributed by atoms with Crippen LogP contribution >= 0.6 is 0 Å². The third-order valence-electron chi connectivity index (χ3n) is 2.29. The van der Waals surface area contributed by atoms with E-state index in [1.807, 2.05) is 17.1 Å². The van der Waals surface area contributed by atoms with Gasteiger partial charge in [-0.15, -0.1) is 0 Å². The van der Waals surface area contributed by atoms with E-state index in [1.165, 1.54) is 0 Å². The monoisotopic (exact) mass is 294 g/mol. The largest absolute Gasteiger partial charge is 0.726 e. The zero-order chi connectivity index (χ0) is 15.1. The average molecular weight is 294 g/mol. The standard InChI is InChI=1S/C10H16N2O2.H2O4S/c1-3-4-5-11-6-7-12(8-11)9(2)10(13)14;1-5(2,3)4/h6-9H,3-5H2,1-2H3;(H2,1,2,3,4). The van der Waals surface area contributed by atoms with E-state index in [2.05, 4.69) is 6.92 Å². The number of aryl methyl sites for hydroxylation is 1. The predicted molar refractivity (Wildman–Crippen MR) is 64.2 cm³/mol.